The first-order chi connectivity index (χ1) is 15.8. The van der Waals surface area contributed by atoms with Crippen molar-refractivity contribution >= 4 is 17.7 Å². The van der Waals surface area contributed by atoms with Gasteiger partial charge >= 0.3 is 6.09 Å². The lowest BCUT2D eigenvalue weighted by molar-refractivity contribution is -0.121. The predicted molar refractivity (Wildman–Crippen MR) is 128 cm³/mol. The van der Waals surface area contributed by atoms with E-state index < -0.39 is 29.5 Å². The van der Waals surface area contributed by atoms with Crippen LogP contribution in [0, 0.1) is 5.82 Å². The Hall–Kier alpha value is -3.29. The highest BCUT2D eigenvalue weighted by Crippen LogP contribution is 2.37. The maximum absolute atomic E-state index is 14.7. The molecular weight excluding hydrogens is 439 g/mol. The van der Waals surface area contributed by atoms with Gasteiger partial charge in [0, 0.05) is 17.3 Å². The van der Waals surface area contributed by atoms with E-state index in [9.17, 15) is 14.0 Å². The summed E-state index contributed by atoms with van der Waals surface area (Å²) in [4.78, 5) is 27.9. The van der Waals surface area contributed by atoms with Crippen molar-refractivity contribution in [2.24, 2.45) is 0 Å². The smallest absolute Gasteiger partial charge is 0.411 e. The summed E-state index contributed by atoms with van der Waals surface area (Å²) in [6.07, 6.45) is -0.644. The second kappa shape index (κ2) is 9.52. The summed E-state index contributed by atoms with van der Waals surface area (Å²) in [5.41, 5.74) is 0.186. The summed E-state index contributed by atoms with van der Waals surface area (Å²) < 4.78 is 31.4. The van der Waals surface area contributed by atoms with Gasteiger partial charge in [0.1, 0.15) is 35.6 Å². The van der Waals surface area contributed by atoms with Crippen LogP contribution in [-0.4, -0.2) is 42.8 Å². The number of nitrogens with one attached hydrogen (secondary N) is 1. The van der Waals surface area contributed by atoms with E-state index >= 15 is 0 Å². The molecule has 0 spiro atoms. The van der Waals surface area contributed by atoms with Gasteiger partial charge in [-0.05, 0) is 56.0 Å². The van der Waals surface area contributed by atoms with Crippen LogP contribution < -0.4 is 14.8 Å². The molecule has 184 valence electrons. The number of nitrogens with zero attached hydrogens (tertiary/aromatic N) is 1. The lowest BCUT2D eigenvalue weighted by Crippen LogP contribution is -2.44. The van der Waals surface area contributed by atoms with Gasteiger partial charge in [0.2, 0.25) is 0 Å². The fourth-order valence-electron chi connectivity index (χ4n) is 3.76. The topological polar surface area (TPSA) is 77.1 Å². The van der Waals surface area contributed by atoms with Crippen molar-refractivity contribution in [3.63, 3.8) is 0 Å². The second-order valence-corrected chi connectivity index (χ2v) is 10.3. The lowest BCUT2D eigenvalue weighted by Gasteiger charge is -2.31. The van der Waals surface area contributed by atoms with Gasteiger partial charge in [-0.25, -0.2) is 9.18 Å². The maximum Gasteiger partial charge on any atom is 0.411 e. The van der Waals surface area contributed by atoms with Crippen molar-refractivity contribution in [1.29, 1.82) is 0 Å². The van der Waals surface area contributed by atoms with E-state index in [2.05, 4.69) is 5.32 Å². The minimum absolute atomic E-state index is 0.126. The average Bonchev–Trinajstić information content (AvgIpc) is 2.90. The molecule has 2 aromatic carbocycles. The van der Waals surface area contributed by atoms with Crippen LogP contribution in [0.5, 0.6) is 11.5 Å². The van der Waals surface area contributed by atoms with Gasteiger partial charge in [-0.3, -0.25) is 9.69 Å². The predicted octanol–water partition coefficient (Wildman–Crippen LogP) is 5.44. The number of benzene rings is 2. The minimum atomic E-state index is -1.05. The molecule has 1 N–H and O–H groups in total. The van der Waals surface area contributed by atoms with Crippen molar-refractivity contribution in [2.45, 2.75) is 58.6 Å². The zero-order valence-electron chi connectivity index (χ0n) is 20.8. The lowest BCUT2D eigenvalue weighted by atomic mass is 9.86. The fraction of sp³-hybridized carbons (Fsp3) is 0.462. The molecule has 1 aliphatic rings. The van der Waals surface area contributed by atoms with E-state index in [0.717, 1.165) is 0 Å². The molecule has 2 amide bonds. The summed E-state index contributed by atoms with van der Waals surface area (Å²) in [6, 6.07) is 8.60. The number of fused-ring (bicyclic) bond motifs is 1. The van der Waals surface area contributed by atoms with Crippen molar-refractivity contribution < 1.29 is 28.2 Å². The Morgan fingerprint density at radius 3 is 2.38 bits per heavy atom. The van der Waals surface area contributed by atoms with Crippen LogP contribution >= 0.6 is 0 Å². The number of rotatable bonds is 3. The van der Waals surface area contributed by atoms with E-state index in [-0.39, 0.29) is 18.6 Å². The molecule has 1 heterocycles. The fourth-order valence-corrected chi connectivity index (χ4v) is 3.76. The third-order valence-corrected chi connectivity index (χ3v) is 5.34. The number of amides is 2. The SMILES string of the molecule is COc1ccc2c(c1)OCCN(C(=O)OC(C)(C)C)C2C(=O)Nc1ccc(C(C)(C)C)c(F)c1. The molecule has 34 heavy (non-hydrogen) atoms. The van der Waals surface area contributed by atoms with Gasteiger partial charge in [-0.1, -0.05) is 26.8 Å². The normalized spacial score (nSPS) is 16.1. The van der Waals surface area contributed by atoms with E-state index in [0.29, 0.717) is 28.3 Å². The number of anilines is 1. The number of carbonyl (C=O) groups is 2. The quantitative estimate of drug-likeness (QED) is 0.644. The average molecular weight is 473 g/mol. The molecular formula is C26H33FN2O5. The van der Waals surface area contributed by atoms with E-state index in [1.807, 2.05) is 20.8 Å². The number of carbonyl (C=O) groups excluding carboxylic acids is 2. The standard InChI is InChI=1S/C26H33FN2O5/c1-25(2,3)19-11-8-16(14-20(19)27)28-23(30)22-18-10-9-17(32-7)15-21(18)33-13-12-29(22)24(31)34-26(4,5)6/h8-11,14-15,22H,12-13H2,1-7H3,(H,28,30). The summed E-state index contributed by atoms with van der Waals surface area (Å²) in [7, 11) is 1.53. The van der Waals surface area contributed by atoms with Crippen LogP contribution in [0.25, 0.3) is 0 Å². The Morgan fingerprint density at radius 2 is 1.79 bits per heavy atom. The van der Waals surface area contributed by atoms with E-state index in [4.69, 9.17) is 14.2 Å². The molecule has 0 aliphatic carbocycles. The molecule has 0 fully saturated rings. The molecule has 7 nitrogen and oxygen atoms in total. The van der Waals surface area contributed by atoms with Crippen LogP contribution in [0.3, 0.4) is 0 Å². The minimum Gasteiger partial charge on any atom is -0.497 e. The zero-order chi connectivity index (χ0) is 25.3. The molecule has 0 aromatic heterocycles. The van der Waals surface area contributed by atoms with Crippen LogP contribution in [-0.2, 0) is 14.9 Å². The van der Waals surface area contributed by atoms with Gasteiger partial charge in [0.25, 0.3) is 5.91 Å². The molecule has 0 bridgehead atoms. The Kier molecular flexibility index (Phi) is 7.10. The van der Waals surface area contributed by atoms with Crippen LogP contribution in [0.2, 0.25) is 0 Å². The summed E-state index contributed by atoms with van der Waals surface area (Å²) in [5, 5.41) is 2.76. The zero-order valence-corrected chi connectivity index (χ0v) is 20.8. The van der Waals surface area contributed by atoms with Gasteiger partial charge in [-0.15, -0.1) is 0 Å². The molecule has 2 aromatic rings. The van der Waals surface area contributed by atoms with Crippen LogP contribution in [0.15, 0.2) is 36.4 Å². The van der Waals surface area contributed by atoms with Gasteiger partial charge in [0.05, 0.1) is 13.7 Å². The Balaban J connectivity index is 1.99. The third-order valence-electron chi connectivity index (χ3n) is 5.34. The van der Waals surface area contributed by atoms with Gasteiger partial charge < -0.3 is 19.5 Å². The van der Waals surface area contributed by atoms with Crippen LogP contribution in [0.1, 0.15) is 58.7 Å². The number of ether oxygens (including phenoxy) is 3. The molecule has 0 saturated carbocycles. The summed E-state index contributed by atoms with van der Waals surface area (Å²) in [5.74, 6) is 0.0672. The number of halogens is 1. The molecule has 0 saturated heterocycles. The monoisotopic (exact) mass is 472 g/mol. The summed E-state index contributed by atoms with van der Waals surface area (Å²) in [6.45, 7) is 11.3. The Labute approximate surface area is 200 Å². The molecule has 0 radical (unpaired) electrons. The molecule has 1 unspecified atom stereocenters. The molecule has 1 atom stereocenters. The molecule has 8 heteroatoms. The first-order valence-corrected chi connectivity index (χ1v) is 11.2. The van der Waals surface area contributed by atoms with Gasteiger partial charge in [-0.2, -0.15) is 0 Å². The Bertz CT molecular complexity index is 1070. The number of hydrogen-bond donors (Lipinski definition) is 1. The van der Waals surface area contributed by atoms with E-state index in [1.165, 1.54) is 18.1 Å². The van der Waals surface area contributed by atoms with Gasteiger partial charge in [0.15, 0.2) is 0 Å². The van der Waals surface area contributed by atoms with Crippen LogP contribution in [0.4, 0.5) is 14.9 Å². The second-order valence-electron chi connectivity index (χ2n) is 10.3. The first-order valence-electron chi connectivity index (χ1n) is 11.2. The molecule has 1 aliphatic heterocycles. The summed E-state index contributed by atoms with van der Waals surface area (Å²) >= 11 is 0. The highest BCUT2D eigenvalue weighted by Gasteiger charge is 2.38. The highest BCUT2D eigenvalue weighted by molar-refractivity contribution is 5.98. The number of methoxy groups -OCH3 is 1. The van der Waals surface area contributed by atoms with Crippen molar-refractivity contribution in [1.82, 2.24) is 4.90 Å². The first kappa shape index (κ1) is 25.3. The maximum atomic E-state index is 14.7. The largest absolute Gasteiger partial charge is 0.497 e. The van der Waals surface area contributed by atoms with Crippen molar-refractivity contribution in [2.75, 3.05) is 25.6 Å². The third kappa shape index (κ3) is 5.79. The van der Waals surface area contributed by atoms with Crippen molar-refractivity contribution in [3.8, 4) is 11.5 Å². The Morgan fingerprint density at radius 1 is 1.09 bits per heavy atom. The highest BCUT2D eigenvalue weighted by atomic mass is 19.1. The van der Waals surface area contributed by atoms with E-state index in [1.54, 1.807) is 51.1 Å². The molecule has 3 rings (SSSR count). The van der Waals surface area contributed by atoms with Crippen molar-refractivity contribution in [3.05, 3.63) is 53.3 Å². The number of hydrogen-bond acceptors (Lipinski definition) is 5.